The van der Waals surface area contributed by atoms with Gasteiger partial charge in [0.1, 0.15) is 12.1 Å². The lowest BCUT2D eigenvalue weighted by Gasteiger charge is -2.17. The van der Waals surface area contributed by atoms with Crippen molar-refractivity contribution in [1.29, 1.82) is 0 Å². The molecule has 1 heterocycles. The summed E-state index contributed by atoms with van der Waals surface area (Å²) in [5.74, 6) is 0.858. The highest BCUT2D eigenvalue weighted by atomic mass is 16.5. The lowest BCUT2D eigenvalue weighted by molar-refractivity contribution is 0.414. The summed E-state index contributed by atoms with van der Waals surface area (Å²) < 4.78 is 5.17. The maximum absolute atomic E-state index is 5.17. The molecule has 0 aliphatic rings. The Hall–Kier alpha value is -1.94. The minimum Gasteiger partial charge on any atom is -0.497 e. The largest absolute Gasteiger partial charge is 0.497 e. The van der Waals surface area contributed by atoms with Crippen LogP contribution in [0.15, 0.2) is 42.9 Å². The Bertz CT molecular complexity index is 470. The van der Waals surface area contributed by atoms with Gasteiger partial charge in [0.2, 0.25) is 0 Å². The zero-order valence-corrected chi connectivity index (χ0v) is 10.6. The van der Waals surface area contributed by atoms with Crippen LogP contribution in [0.3, 0.4) is 0 Å². The third kappa shape index (κ3) is 2.84. The highest BCUT2D eigenvalue weighted by Crippen LogP contribution is 2.22. The Morgan fingerprint density at radius 2 is 2.00 bits per heavy atom. The van der Waals surface area contributed by atoms with E-state index in [1.54, 1.807) is 19.6 Å². The number of methoxy groups -OCH3 is 1. The molecule has 1 aromatic carbocycles. The Morgan fingerprint density at radius 3 is 2.56 bits per heavy atom. The van der Waals surface area contributed by atoms with Crippen molar-refractivity contribution < 1.29 is 4.74 Å². The van der Waals surface area contributed by atoms with E-state index in [4.69, 9.17) is 4.74 Å². The molecular weight excluding hydrogens is 226 g/mol. The van der Waals surface area contributed by atoms with Crippen LogP contribution in [-0.4, -0.2) is 23.6 Å². The highest BCUT2D eigenvalue weighted by molar-refractivity contribution is 5.32. The fourth-order valence-corrected chi connectivity index (χ4v) is 1.87. The van der Waals surface area contributed by atoms with Crippen LogP contribution in [0.4, 0.5) is 0 Å². The molecule has 0 fully saturated rings. The van der Waals surface area contributed by atoms with Gasteiger partial charge in [0.15, 0.2) is 0 Å². The second-order valence-corrected chi connectivity index (χ2v) is 3.90. The first-order valence-electron chi connectivity index (χ1n) is 5.98. The normalized spacial score (nSPS) is 12.1. The van der Waals surface area contributed by atoms with Crippen LogP contribution in [0.2, 0.25) is 0 Å². The van der Waals surface area contributed by atoms with Gasteiger partial charge in [-0.2, -0.15) is 0 Å². The van der Waals surface area contributed by atoms with Crippen LogP contribution < -0.4 is 10.1 Å². The fraction of sp³-hybridized carbons (Fsp3) is 0.286. The molecule has 2 aromatic rings. The van der Waals surface area contributed by atoms with Crippen LogP contribution >= 0.6 is 0 Å². The summed E-state index contributed by atoms with van der Waals surface area (Å²) in [5.41, 5.74) is 2.13. The third-order valence-corrected chi connectivity index (χ3v) is 2.76. The Morgan fingerprint density at radius 1 is 1.22 bits per heavy atom. The van der Waals surface area contributed by atoms with Crippen LogP contribution in [0.1, 0.15) is 24.2 Å². The van der Waals surface area contributed by atoms with Crippen LogP contribution in [-0.2, 0) is 0 Å². The Balaban J connectivity index is 2.29. The van der Waals surface area contributed by atoms with Crippen molar-refractivity contribution in [3.63, 3.8) is 0 Å². The monoisotopic (exact) mass is 243 g/mol. The first-order valence-corrected chi connectivity index (χ1v) is 5.98. The smallest absolute Gasteiger partial charge is 0.118 e. The van der Waals surface area contributed by atoms with E-state index in [1.165, 1.54) is 0 Å². The molecular formula is C14H17N3O. The summed E-state index contributed by atoms with van der Waals surface area (Å²) in [6.07, 6.45) is 3.33. The number of aromatic nitrogens is 2. The van der Waals surface area contributed by atoms with Crippen molar-refractivity contribution in [3.05, 3.63) is 54.1 Å². The van der Waals surface area contributed by atoms with E-state index in [0.29, 0.717) is 0 Å². The van der Waals surface area contributed by atoms with Gasteiger partial charge in [0.05, 0.1) is 18.8 Å². The molecule has 18 heavy (non-hydrogen) atoms. The van der Waals surface area contributed by atoms with Gasteiger partial charge >= 0.3 is 0 Å². The molecule has 1 unspecified atom stereocenters. The first-order chi connectivity index (χ1) is 8.85. The van der Waals surface area contributed by atoms with E-state index in [9.17, 15) is 0 Å². The van der Waals surface area contributed by atoms with Gasteiger partial charge in [0.25, 0.3) is 0 Å². The molecule has 4 heteroatoms. The summed E-state index contributed by atoms with van der Waals surface area (Å²) in [7, 11) is 1.67. The highest BCUT2D eigenvalue weighted by Gasteiger charge is 2.13. The number of ether oxygens (including phenoxy) is 1. The van der Waals surface area contributed by atoms with Gasteiger partial charge in [-0.15, -0.1) is 0 Å². The Kier molecular flexibility index (Phi) is 4.25. The summed E-state index contributed by atoms with van der Waals surface area (Å²) in [4.78, 5) is 8.26. The van der Waals surface area contributed by atoms with E-state index in [-0.39, 0.29) is 6.04 Å². The zero-order chi connectivity index (χ0) is 12.8. The van der Waals surface area contributed by atoms with E-state index in [0.717, 1.165) is 23.6 Å². The first kappa shape index (κ1) is 12.5. The fourth-order valence-electron chi connectivity index (χ4n) is 1.87. The molecule has 0 spiro atoms. The third-order valence-electron chi connectivity index (χ3n) is 2.76. The molecule has 0 bridgehead atoms. The van der Waals surface area contributed by atoms with Crippen molar-refractivity contribution in [2.45, 2.75) is 13.0 Å². The minimum atomic E-state index is 0.0870. The number of benzene rings is 1. The second kappa shape index (κ2) is 6.12. The summed E-state index contributed by atoms with van der Waals surface area (Å²) in [5, 5.41) is 3.42. The average Bonchev–Trinajstić information content (AvgIpc) is 2.46. The van der Waals surface area contributed by atoms with Gasteiger partial charge < -0.3 is 10.1 Å². The number of hydrogen-bond acceptors (Lipinski definition) is 4. The molecule has 0 aliphatic carbocycles. The Labute approximate surface area is 107 Å². The van der Waals surface area contributed by atoms with Crippen LogP contribution in [0.25, 0.3) is 0 Å². The molecule has 1 atom stereocenters. The molecule has 0 saturated heterocycles. The van der Waals surface area contributed by atoms with Crippen LogP contribution in [0, 0.1) is 0 Å². The molecule has 1 N–H and O–H groups in total. The molecule has 1 aromatic heterocycles. The van der Waals surface area contributed by atoms with Gasteiger partial charge in [-0.3, -0.25) is 0 Å². The zero-order valence-electron chi connectivity index (χ0n) is 10.6. The van der Waals surface area contributed by atoms with Crippen molar-refractivity contribution in [1.82, 2.24) is 15.3 Å². The molecule has 0 aliphatic heterocycles. The molecule has 0 saturated carbocycles. The number of rotatable bonds is 5. The van der Waals surface area contributed by atoms with E-state index >= 15 is 0 Å². The van der Waals surface area contributed by atoms with Gasteiger partial charge in [-0.05, 0) is 30.3 Å². The number of hydrogen-bond donors (Lipinski definition) is 1. The maximum Gasteiger partial charge on any atom is 0.118 e. The lowest BCUT2D eigenvalue weighted by Crippen LogP contribution is -2.22. The standard InChI is InChI=1S/C14H17N3O/c1-3-16-14(13-8-9-15-10-17-13)11-4-6-12(18-2)7-5-11/h4-10,14,16H,3H2,1-2H3. The quantitative estimate of drug-likeness (QED) is 0.874. The summed E-state index contributed by atoms with van der Waals surface area (Å²) >= 11 is 0. The van der Waals surface area contributed by atoms with Crippen molar-refractivity contribution in [3.8, 4) is 5.75 Å². The maximum atomic E-state index is 5.17. The van der Waals surface area contributed by atoms with Gasteiger partial charge in [0, 0.05) is 6.20 Å². The topological polar surface area (TPSA) is 47.0 Å². The number of nitrogens with one attached hydrogen (secondary N) is 1. The van der Waals surface area contributed by atoms with Gasteiger partial charge in [-0.25, -0.2) is 9.97 Å². The van der Waals surface area contributed by atoms with Crippen molar-refractivity contribution >= 4 is 0 Å². The van der Waals surface area contributed by atoms with Crippen LogP contribution in [0.5, 0.6) is 5.75 Å². The lowest BCUT2D eigenvalue weighted by atomic mass is 10.0. The van der Waals surface area contributed by atoms with Gasteiger partial charge in [-0.1, -0.05) is 19.1 Å². The summed E-state index contributed by atoms with van der Waals surface area (Å²) in [6.45, 7) is 2.96. The van der Waals surface area contributed by atoms with E-state index < -0.39 is 0 Å². The van der Waals surface area contributed by atoms with E-state index in [1.807, 2.05) is 30.3 Å². The molecule has 2 rings (SSSR count). The second-order valence-electron chi connectivity index (χ2n) is 3.90. The van der Waals surface area contributed by atoms with Crippen molar-refractivity contribution in [2.75, 3.05) is 13.7 Å². The molecule has 94 valence electrons. The SMILES string of the molecule is CCNC(c1ccc(OC)cc1)c1ccncn1. The predicted molar refractivity (Wildman–Crippen MR) is 70.5 cm³/mol. The molecule has 0 radical (unpaired) electrons. The molecule has 0 amide bonds. The molecule has 4 nitrogen and oxygen atoms in total. The predicted octanol–water partition coefficient (Wildman–Crippen LogP) is 2.18. The minimum absolute atomic E-state index is 0.0870. The average molecular weight is 243 g/mol. The summed E-state index contributed by atoms with van der Waals surface area (Å²) in [6, 6.07) is 10.0. The van der Waals surface area contributed by atoms with Crippen molar-refractivity contribution in [2.24, 2.45) is 0 Å². The van der Waals surface area contributed by atoms with E-state index in [2.05, 4.69) is 22.2 Å². The number of nitrogens with zero attached hydrogens (tertiary/aromatic N) is 2.